The van der Waals surface area contributed by atoms with E-state index in [1.165, 1.54) is 12.1 Å². The van der Waals surface area contributed by atoms with Crippen LogP contribution in [0.2, 0.25) is 0 Å². The van der Waals surface area contributed by atoms with Gasteiger partial charge in [0.15, 0.2) is 0 Å². The lowest BCUT2D eigenvalue weighted by Gasteiger charge is -2.18. The number of hydrogen-bond acceptors (Lipinski definition) is 4. The molecule has 17 heteroatoms. The molecule has 7 N–H and O–H groups in total. The third kappa shape index (κ3) is 20.4. The summed E-state index contributed by atoms with van der Waals surface area (Å²) in [5.41, 5.74) is 9.70. The first-order valence-corrected chi connectivity index (χ1v) is 24.6. The molecule has 0 aliphatic rings. The predicted octanol–water partition coefficient (Wildman–Crippen LogP) is 15.2. The molecule has 10 nitrogen and oxygen atoms in total. The molecule has 0 saturated carbocycles. The second kappa shape index (κ2) is 26.4. The number of H-pyrrole nitrogens is 2. The van der Waals surface area contributed by atoms with Crippen molar-refractivity contribution in [1.29, 1.82) is 0 Å². The highest BCUT2D eigenvalue weighted by Crippen LogP contribution is 2.31. The number of hydrogen-bond donors (Lipinski definition) is 6. The summed E-state index contributed by atoms with van der Waals surface area (Å²) in [6.07, 6.45) is -0.305. The Kier molecular flexibility index (Phi) is 21.2. The van der Waals surface area contributed by atoms with E-state index in [1.54, 1.807) is 47.3 Å². The van der Waals surface area contributed by atoms with Gasteiger partial charge >= 0.3 is 18.3 Å². The standard InChI is InChI=1S/C22H23F3N2O.C15H20N2O.C9H7NO2.C7H4F4.C6H15N/c1-21(2,3)11-12-26-20(28)16-4-9-19-15(14-16)10-13-27(19)18-7-5-17(6-8-18)22(23,24)25;1-15(2,3)7-9-17-14(18)12-4-5-13-11(10-12)6-8-16-13;11-9(12)7-1-2-8-6(5-7)3-4-10-8;8-6-3-1-5(2-4-6)7(9,10)11;1-6(2,3)4-5-7/h4-10,13-14H,11-12H2,1-3H3,(H,26,28);4-6,8,10,16H,7,9H2,1-3H3,(H,17,18);1-5,10H,(H,11,12);1-4H;4-5,7H2,1-3H3. The van der Waals surface area contributed by atoms with Gasteiger partial charge in [-0.15, -0.1) is 0 Å². The van der Waals surface area contributed by atoms with Crippen molar-refractivity contribution in [2.24, 2.45) is 22.0 Å². The van der Waals surface area contributed by atoms with Gasteiger partial charge in [-0.2, -0.15) is 26.3 Å². The van der Waals surface area contributed by atoms with Crippen molar-refractivity contribution in [2.45, 2.75) is 93.9 Å². The minimum Gasteiger partial charge on any atom is -0.478 e. The number of carbonyl (C=O) groups excluding carboxylic acids is 2. The van der Waals surface area contributed by atoms with Gasteiger partial charge in [-0.1, -0.05) is 62.3 Å². The number of nitrogens with zero attached hydrogens (tertiary/aromatic N) is 1. The van der Waals surface area contributed by atoms with Crippen LogP contribution in [0.4, 0.5) is 30.7 Å². The van der Waals surface area contributed by atoms with Crippen molar-refractivity contribution in [3.63, 3.8) is 0 Å². The first kappa shape index (κ1) is 61.1. The summed E-state index contributed by atoms with van der Waals surface area (Å²) >= 11 is 0. The fourth-order valence-corrected chi connectivity index (χ4v) is 7.08. The Labute approximate surface area is 439 Å². The lowest BCUT2D eigenvalue weighted by Crippen LogP contribution is -2.27. The normalized spacial score (nSPS) is 11.8. The number of nitrogens with two attached hydrogens (primary N) is 1. The largest absolute Gasteiger partial charge is 0.478 e. The number of carboxylic acid groups (broad SMARTS) is 1. The van der Waals surface area contributed by atoms with Crippen molar-refractivity contribution < 1.29 is 50.2 Å². The molecular weight excluding hydrogens is 990 g/mol. The minimum atomic E-state index is -4.38. The summed E-state index contributed by atoms with van der Waals surface area (Å²) in [6.45, 7) is 21.6. The molecule has 0 spiro atoms. The van der Waals surface area contributed by atoms with Crippen LogP contribution in [-0.2, 0) is 12.4 Å². The van der Waals surface area contributed by atoms with Crippen LogP contribution in [-0.4, -0.2) is 57.1 Å². The summed E-state index contributed by atoms with van der Waals surface area (Å²) in [6, 6.07) is 29.7. The molecule has 5 aromatic carbocycles. The summed E-state index contributed by atoms with van der Waals surface area (Å²) in [4.78, 5) is 41.0. The molecule has 0 unspecified atom stereocenters. The number of rotatable bonds is 9. The zero-order valence-corrected chi connectivity index (χ0v) is 44.4. The molecule has 0 fully saturated rings. The Hall–Kier alpha value is -7.40. The first-order valence-electron chi connectivity index (χ1n) is 24.6. The van der Waals surface area contributed by atoms with Gasteiger partial charge in [-0.3, -0.25) is 9.59 Å². The van der Waals surface area contributed by atoms with Gasteiger partial charge in [-0.25, -0.2) is 9.18 Å². The number of nitrogens with one attached hydrogen (secondary N) is 4. The lowest BCUT2D eigenvalue weighted by atomic mass is 9.92. The molecule has 3 aromatic heterocycles. The van der Waals surface area contributed by atoms with Gasteiger partial charge in [0, 0.05) is 75.7 Å². The van der Waals surface area contributed by atoms with Crippen molar-refractivity contribution in [2.75, 3.05) is 19.6 Å². The molecule has 408 valence electrons. The molecule has 2 amide bonds. The van der Waals surface area contributed by atoms with E-state index in [-0.39, 0.29) is 22.6 Å². The fourth-order valence-electron chi connectivity index (χ4n) is 7.08. The van der Waals surface area contributed by atoms with Crippen LogP contribution >= 0.6 is 0 Å². The van der Waals surface area contributed by atoms with Crippen molar-refractivity contribution in [3.8, 4) is 5.69 Å². The van der Waals surface area contributed by atoms with E-state index < -0.39 is 35.3 Å². The van der Waals surface area contributed by atoms with E-state index in [1.807, 2.05) is 48.7 Å². The highest BCUT2D eigenvalue weighted by Gasteiger charge is 2.31. The van der Waals surface area contributed by atoms with Crippen LogP contribution in [0.1, 0.15) is 124 Å². The SMILES string of the molecule is CC(C)(C)CCN.CC(C)(C)CCNC(=O)c1ccc2[nH]ccc2c1.CC(C)(C)CCNC(=O)c1ccc2c(ccn2-c2ccc(C(F)(F)F)cc2)c1.Fc1ccc(C(F)(F)F)cc1.O=C(O)c1ccc2[nH]ccc2c1. The van der Waals surface area contributed by atoms with Gasteiger partial charge in [0.1, 0.15) is 5.82 Å². The minimum absolute atomic E-state index is 0.00218. The van der Waals surface area contributed by atoms with Gasteiger partial charge in [0.05, 0.1) is 22.2 Å². The predicted molar refractivity (Wildman–Crippen MR) is 289 cm³/mol. The third-order valence-electron chi connectivity index (χ3n) is 11.4. The van der Waals surface area contributed by atoms with Gasteiger partial charge < -0.3 is 36.0 Å². The Morgan fingerprint density at radius 1 is 0.526 bits per heavy atom. The number of carboxylic acids is 1. The topological polar surface area (TPSA) is 158 Å². The highest BCUT2D eigenvalue weighted by atomic mass is 19.4. The monoisotopic (exact) mass is 1060 g/mol. The number of aromatic nitrogens is 3. The number of aromatic carboxylic acids is 1. The number of amides is 2. The van der Waals surface area contributed by atoms with Crippen molar-refractivity contribution >= 4 is 50.5 Å². The molecule has 3 heterocycles. The highest BCUT2D eigenvalue weighted by molar-refractivity contribution is 5.99. The molecule has 0 saturated heterocycles. The van der Waals surface area contributed by atoms with Crippen molar-refractivity contribution in [3.05, 3.63) is 174 Å². The van der Waals surface area contributed by atoms with Crippen LogP contribution in [0.5, 0.6) is 0 Å². The second-order valence-corrected chi connectivity index (χ2v) is 21.6. The van der Waals surface area contributed by atoms with E-state index >= 15 is 0 Å². The number of halogens is 7. The van der Waals surface area contributed by atoms with E-state index in [0.717, 1.165) is 88.3 Å². The average molecular weight is 1060 g/mol. The van der Waals surface area contributed by atoms with E-state index in [2.05, 4.69) is 82.9 Å². The molecule has 0 bridgehead atoms. The lowest BCUT2D eigenvalue weighted by molar-refractivity contribution is -0.138. The smallest absolute Gasteiger partial charge is 0.416 e. The Balaban J connectivity index is 0.000000223. The molecule has 0 atom stereocenters. The molecular formula is C59H69F7N6O4. The maximum atomic E-state index is 12.7. The van der Waals surface area contributed by atoms with Crippen molar-refractivity contribution in [1.82, 2.24) is 25.2 Å². The van der Waals surface area contributed by atoms with Gasteiger partial charge in [-0.05, 0) is 163 Å². The maximum absolute atomic E-state index is 12.7. The summed E-state index contributed by atoms with van der Waals surface area (Å²) < 4.78 is 87.5. The van der Waals surface area contributed by atoms with Crippen LogP contribution < -0.4 is 16.4 Å². The Morgan fingerprint density at radius 3 is 1.34 bits per heavy atom. The van der Waals surface area contributed by atoms with Crippen LogP contribution in [0.15, 0.2) is 140 Å². The zero-order valence-electron chi connectivity index (χ0n) is 44.4. The van der Waals surface area contributed by atoms with E-state index in [9.17, 15) is 45.1 Å². The number of aromatic amines is 2. The third-order valence-corrected chi connectivity index (χ3v) is 11.4. The zero-order chi connectivity index (χ0) is 56.6. The maximum Gasteiger partial charge on any atom is 0.416 e. The summed E-state index contributed by atoms with van der Waals surface area (Å²) in [7, 11) is 0. The molecule has 76 heavy (non-hydrogen) atoms. The number of carbonyl (C=O) groups is 3. The number of benzene rings is 5. The summed E-state index contributed by atoms with van der Waals surface area (Å²) in [5.74, 6) is -1.69. The van der Waals surface area contributed by atoms with E-state index in [4.69, 9.17) is 10.8 Å². The number of fused-ring (bicyclic) bond motifs is 3. The molecule has 8 aromatic rings. The Morgan fingerprint density at radius 2 is 0.934 bits per heavy atom. The fraction of sp³-hybridized carbons (Fsp3) is 0.339. The molecule has 0 aliphatic carbocycles. The van der Waals surface area contributed by atoms with Gasteiger partial charge in [0.25, 0.3) is 11.8 Å². The first-order chi connectivity index (χ1) is 35.3. The molecule has 0 aliphatic heterocycles. The second-order valence-electron chi connectivity index (χ2n) is 21.6. The van der Waals surface area contributed by atoms with Crippen LogP contribution in [0.3, 0.4) is 0 Å². The van der Waals surface area contributed by atoms with Crippen LogP contribution in [0, 0.1) is 22.1 Å². The van der Waals surface area contributed by atoms with Crippen LogP contribution in [0.25, 0.3) is 38.4 Å². The molecule has 0 radical (unpaired) electrons. The molecule has 8 rings (SSSR count). The Bertz CT molecular complexity index is 3110. The van der Waals surface area contributed by atoms with Gasteiger partial charge in [0.2, 0.25) is 0 Å². The van der Waals surface area contributed by atoms with E-state index in [0.29, 0.717) is 47.5 Å². The quantitative estimate of drug-likeness (QED) is 0.0793. The summed E-state index contributed by atoms with van der Waals surface area (Å²) in [5, 5.41) is 17.4. The average Bonchev–Trinajstić information content (AvgIpc) is 4.11. The number of alkyl halides is 6.